The van der Waals surface area contributed by atoms with Gasteiger partial charge in [-0.25, -0.2) is 0 Å². The van der Waals surface area contributed by atoms with E-state index in [-0.39, 0.29) is 0 Å². The zero-order chi connectivity index (χ0) is 14.2. The van der Waals surface area contributed by atoms with E-state index in [0.29, 0.717) is 5.31 Å². The smallest absolute Gasteiger partial charge is 0.0620 e. The third-order valence-electron chi connectivity index (χ3n) is 3.16. The van der Waals surface area contributed by atoms with Crippen LogP contribution in [0.15, 0.2) is 37.4 Å². The third kappa shape index (κ3) is 2.67. The molecule has 0 aliphatic heterocycles. The molecule has 0 saturated carbocycles. The lowest BCUT2D eigenvalue weighted by atomic mass is 10.1. The topological polar surface area (TPSA) is 48.0 Å². The number of hydrogen-bond donors (Lipinski definition) is 3. The summed E-state index contributed by atoms with van der Waals surface area (Å²) in [5.41, 5.74) is 3.76. The van der Waals surface area contributed by atoms with E-state index in [2.05, 4.69) is 29.8 Å². The fourth-order valence-corrected chi connectivity index (χ4v) is 2.58. The fraction of sp³-hybridized carbons (Fsp3) is 0.133. The van der Waals surface area contributed by atoms with Gasteiger partial charge < -0.3 is 15.2 Å². The van der Waals surface area contributed by atoms with Crippen LogP contribution in [0.3, 0.4) is 0 Å². The number of aromatic nitrogens is 1. The van der Waals surface area contributed by atoms with Crippen molar-refractivity contribution < 1.29 is 4.89 Å². The highest BCUT2D eigenvalue weighted by Gasteiger charge is 2.11. The molecule has 1 aromatic carbocycles. The molecule has 0 radical (unpaired) electrons. The van der Waals surface area contributed by atoms with Crippen molar-refractivity contribution in [3.8, 4) is 0 Å². The van der Waals surface area contributed by atoms with Crippen LogP contribution in [0.1, 0.15) is 11.3 Å². The second-order valence-corrected chi connectivity index (χ2v) is 7.62. The third-order valence-corrected chi connectivity index (χ3v) is 4.58. The zero-order valence-corrected chi connectivity index (χ0v) is 12.2. The molecule has 4 heteroatoms. The molecule has 3 N–H and O–H groups in total. The highest BCUT2D eigenvalue weighted by atomic mass is 31.2. The fourth-order valence-electron chi connectivity index (χ4n) is 1.89. The molecule has 0 aliphatic rings. The maximum atomic E-state index is 10.0. The van der Waals surface area contributed by atoms with Crippen molar-refractivity contribution in [3.63, 3.8) is 0 Å². The molecule has 1 atom stereocenters. The van der Waals surface area contributed by atoms with Gasteiger partial charge in [0, 0.05) is 25.1 Å². The van der Waals surface area contributed by atoms with Crippen molar-refractivity contribution in [3.05, 3.63) is 48.7 Å². The molecule has 0 amide bonds. The largest absolute Gasteiger partial charge is 0.387 e. The van der Waals surface area contributed by atoms with Crippen LogP contribution in [-0.2, 0) is 0 Å². The number of fused-ring (bicyclic) bond motifs is 1. The molecule has 2 rings (SSSR count). The average molecular weight is 274 g/mol. The van der Waals surface area contributed by atoms with E-state index in [1.165, 1.54) is 0 Å². The molecule has 1 unspecified atom stereocenters. The Labute approximate surface area is 113 Å². The molecule has 0 bridgehead atoms. The van der Waals surface area contributed by atoms with Gasteiger partial charge in [-0.2, -0.15) is 0 Å². The number of hydrogen-bond acceptors (Lipinski definition) is 2. The minimum atomic E-state index is -2.31. The van der Waals surface area contributed by atoms with E-state index in [1.54, 1.807) is 6.66 Å². The summed E-state index contributed by atoms with van der Waals surface area (Å²) < 4.78 is 0. The standard InChI is InChI=1S/C15H19N2OP/c1-10(16-3)15-9-13-8-12(6-7-14(13)17-15)11(2)19(4,5)18/h6-9,16-18H,1-2,4H2,3,5H3. The second kappa shape index (κ2) is 4.76. The van der Waals surface area contributed by atoms with Crippen LogP contribution in [0.25, 0.3) is 21.9 Å². The van der Waals surface area contributed by atoms with Crippen molar-refractivity contribution >= 4 is 35.3 Å². The maximum Gasteiger partial charge on any atom is 0.0620 e. The highest BCUT2D eigenvalue weighted by Crippen LogP contribution is 2.50. The van der Waals surface area contributed by atoms with Crippen LogP contribution in [0.5, 0.6) is 0 Å². The van der Waals surface area contributed by atoms with Crippen LogP contribution >= 0.6 is 7.11 Å². The molecule has 0 aliphatic carbocycles. The molecule has 1 heterocycles. The van der Waals surface area contributed by atoms with E-state index in [4.69, 9.17) is 0 Å². The van der Waals surface area contributed by atoms with Gasteiger partial charge in [-0.05, 0) is 35.7 Å². The quantitative estimate of drug-likeness (QED) is 0.749. The van der Waals surface area contributed by atoms with Crippen LogP contribution < -0.4 is 5.32 Å². The summed E-state index contributed by atoms with van der Waals surface area (Å²) in [6.07, 6.45) is 3.81. The number of nitrogens with one attached hydrogen (secondary N) is 2. The van der Waals surface area contributed by atoms with Gasteiger partial charge in [-0.3, -0.25) is 0 Å². The Morgan fingerprint density at radius 3 is 2.58 bits per heavy atom. The molecule has 3 nitrogen and oxygen atoms in total. The van der Waals surface area contributed by atoms with Crippen LogP contribution in [0, 0.1) is 0 Å². The van der Waals surface area contributed by atoms with Crippen LogP contribution in [-0.4, -0.2) is 29.9 Å². The molecular weight excluding hydrogens is 255 g/mol. The Bertz CT molecular complexity index is 706. The molecule has 19 heavy (non-hydrogen) atoms. The summed E-state index contributed by atoms with van der Waals surface area (Å²) >= 11 is 0. The van der Waals surface area contributed by atoms with Crippen molar-refractivity contribution in [1.29, 1.82) is 0 Å². The van der Waals surface area contributed by atoms with Crippen molar-refractivity contribution in [2.24, 2.45) is 0 Å². The minimum absolute atomic E-state index is 0.713. The summed E-state index contributed by atoms with van der Waals surface area (Å²) in [5.74, 6) is 0. The number of H-pyrrole nitrogens is 1. The van der Waals surface area contributed by atoms with Gasteiger partial charge in [0.2, 0.25) is 0 Å². The van der Waals surface area contributed by atoms with E-state index in [1.807, 2.05) is 31.3 Å². The van der Waals surface area contributed by atoms with E-state index in [9.17, 15) is 4.89 Å². The molecule has 0 saturated heterocycles. The van der Waals surface area contributed by atoms with Crippen molar-refractivity contribution in [2.45, 2.75) is 0 Å². The first kappa shape index (κ1) is 13.7. The normalized spacial score (nSPS) is 14.1. The average Bonchev–Trinajstić information content (AvgIpc) is 2.78. The van der Waals surface area contributed by atoms with Gasteiger partial charge in [-0.1, -0.05) is 25.5 Å². The van der Waals surface area contributed by atoms with Gasteiger partial charge in [0.25, 0.3) is 0 Å². The van der Waals surface area contributed by atoms with Gasteiger partial charge in [0.1, 0.15) is 0 Å². The molecule has 2 aromatic rings. The lowest BCUT2D eigenvalue weighted by molar-refractivity contribution is 0.638. The first-order valence-corrected chi connectivity index (χ1v) is 8.33. The van der Waals surface area contributed by atoms with Gasteiger partial charge in [0.15, 0.2) is 0 Å². The van der Waals surface area contributed by atoms with E-state index >= 15 is 0 Å². The molecule has 100 valence electrons. The summed E-state index contributed by atoms with van der Waals surface area (Å²) in [7, 11) is -0.470. The van der Waals surface area contributed by atoms with Crippen LogP contribution in [0.2, 0.25) is 0 Å². The van der Waals surface area contributed by atoms with E-state index in [0.717, 1.165) is 27.9 Å². The lowest BCUT2D eigenvalue weighted by Gasteiger charge is -2.15. The predicted octanol–water partition coefficient (Wildman–Crippen LogP) is 3.32. The molecule has 0 spiro atoms. The minimum Gasteiger partial charge on any atom is -0.387 e. The van der Waals surface area contributed by atoms with Crippen molar-refractivity contribution in [2.75, 3.05) is 13.7 Å². The Morgan fingerprint density at radius 1 is 1.32 bits per heavy atom. The van der Waals surface area contributed by atoms with Crippen LogP contribution in [0.4, 0.5) is 0 Å². The lowest BCUT2D eigenvalue weighted by Crippen LogP contribution is -2.02. The van der Waals surface area contributed by atoms with E-state index < -0.39 is 7.11 Å². The SMILES string of the molecule is C=C(NC)c1cc2cc(C(=C)P(=C)(C)O)ccc2[nH]1. The molecule has 1 aromatic heterocycles. The Balaban J connectivity index is 2.49. The number of benzene rings is 1. The second-order valence-electron chi connectivity index (χ2n) is 4.80. The summed E-state index contributed by atoms with van der Waals surface area (Å²) in [4.78, 5) is 13.3. The van der Waals surface area contributed by atoms with Gasteiger partial charge in [0.05, 0.1) is 11.4 Å². The Morgan fingerprint density at radius 2 is 2.00 bits per heavy atom. The predicted molar refractivity (Wildman–Crippen MR) is 87.6 cm³/mol. The first-order chi connectivity index (χ1) is 8.82. The molecular formula is C15H19N2OP. The number of rotatable bonds is 4. The summed E-state index contributed by atoms with van der Waals surface area (Å²) in [5, 5.41) is 4.80. The maximum absolute atomic E-state index is 10.0. The first-order valence-electron chi connectivity index (χ1n) is 5.96. The monoisotopic (exact) mass is 274 g/mol. The Kier molecular flexibility index (Phi) is 3.44. The van der Waals surface area contributed by atoms with Crippen molar-refractivity contribution in [1.82, 2.24) is 10.3 Å². The molecule has 0 fully saturated rings. The Hall–Kier alpha value is -1.70. The zero-order valence-electron chi connectivity index (χ0n) is 11.3. The summed E-state index contributed by atoms with van der Waals surface area (Å²) in [6.45, 7) is 9.63. The van der Waals surface area contributed by atoms with Gasteiger partial charge >= 0.3 is 0 Å². The summed E-state index contributed by atoms with van der Waals surface area (Å²) in [6, 6.07) is 7.98. The number of aromatic amines is 1. The van der Waals surface area contributed by atoms with Gasteiger partial charge in [-0.15, -0.1) is 0 Å². The highest BCUT2D eigenvalue weighted by molar-refractivity contribution is 7.77.